The van der Waals surface area contributed by atoms with Crippen LogP contribution in [0, 0.1) is 6.92 Å². The Morgan fingerprint density at radius 2 is 2.17 bits per heavy atom. The number of amides is 2. The lowest BCUT2D eigenvalue weighted by atomic mass is 9.99. The van der Waals surface area contributed by atoms with Gasteiger partial charge in [0.05, 0.1) is 5.69 Å². The molecule has 0 saturated carbocycles. The van der Waals surface area contributed by atoms with E-state index in [2.05, 4.69) is 15.6 Å². The SMILES string of the molecule is Cc1c(C(=O)NC[C@H]2CCCC(=O)N2)cccc1-c1ccccn1. The molecule has 0 bridgehead atoms. The first-order valence-corrected chi connectivity index (χ1v) is 8.24. The summed E-state index contributed by atoms with van der Waals surface area (Å²) in [6.45, 7) is 2.39. The summed E-state index contributed by atoms with van der Waals surface area (Å²) < 4.78 is 0. The van der Waals surface area contributed by atoms with Crippen molar-refractivity contribution < 1.29 is 9.59 Å². The van der Waals surface area contributed by atoms with E-state index in [0.29, 0.717) is 18.5 Å². The van der Waals surface area contributed by atoms with E-state index in [9.17, 15) is 9.59 Å². The Kier molecular flexibility index (Phi) is 4.89. The molecule has 2 N–H and O–H groups in total. The molecule has 1 saturated heterocycles. The number of carbonyl (C=O) groups is 2. The van der Waals surface area contributed by atoms with Gasteiger partial charge in [-0.3, -0.25) is 14.6 Å². The number of piperidine rings is 1. The molecule has 1 fully saturated rings. The topological polar surface area (TPSA) is 71.1 Å². The summed E-state index contributed by atoms with van der Waals surface area (Å²) in [4.78, 5) is 28.3. The van der Waals surface area contributed by atoms with E-state index in [-0.39, 0.29) is 17.9 Å². The van der Waals surface area contributed by atoms with Crippen LogP contribution in [0.2, 0.25) is 0 Å². The molecule has 1 aliphatic heterocycles. The lowest BCUT2D eigenvalue weighted by Gasteiger charge is -2.23. The van der Waals surface area contributed by atoms with E-state index in [1.165, 1.54) is 0 Å². The third kappa shape index (κ3) is 3.62. The number of nitrogens with zero attached hydrogens (tertiary/aromatic N) is 1. The second-order valence-electron chi connectivity index (χ2n) is 6.06. The molecule has 5 nitrogen and oxygen atoms in total. The highest BCUT2D eigenvalue weighted by Crippen LogP contribution is 2.23. The second-order valence-corrected chi connectivity index (χ2v) is 6.06. The minimum Gasteiger partial charge on any atom is -0.352 e. The van der Waals surface area contributed by atoms with Crippen molar-refractivity contribution in [3.05, 3.63) is 53.7 Å². The summed E-state index contributed by atoms with van der Waals surface area (Å²) in [5.41, 5.74) is 3.35. The maximum Gasteiger partial charge on any atom is 0.251 e. The maximum absolute atomic E-state index is 12.5. The monoisotopic (exact) mass is 323 g/mol. The Hall–Kier alpha value is -2.69. The molecule has 0 unspecified atom stereocenters. The standard InChI is InChI=1S/C19H21N3O2/c1-13-15(17-9-2-3-11-20-17)7-5-8-16(13)19(24)21-12-14-6-4-10-18(23)22-14/h2-3,5,7-9,11,14H,4,6,10,12H2,1H3,(H,21,24)(H,22,23)/t14-/m1/s1. The Morgan fingerprint density at radius 3 is 2.92 bits per heavy atom. The third-order valence-corrected chi connectivity index (χ3v) is 4.35. The van der Waals surface area contributed by atoms with Gasteiger partial charge in [0.1, 0.15) is 0 Å². The van der Waals surface area contributed by atoms with Gasteiger partial charge < -0.3 is 10.6 Å². The van der Waals surface area contributed by atoms with Crippen LogP contribution in [0.3, 0.4) is 0 Å². The minimum atomic E-state index is -0.120. The Morgan fingerprint density at radius 1 is 1.29 bits per heavy atom. The van der Waals surface area contributed by atoms with Crippen LogP contribution >= 0.6 is 0 Å². The van der Waals surface area contributed by atoms with Crippen molar-refractivity contribution in [3.8, 4) is 11.3 Å². The van der Waals surface area contributed by atoms with Crippen LogP contribution in [0.15, 0.2) is 42.6 Å². The van der Waals surface area contributed by atoms with Crippen molar-refractivity contribution in [2.45, 2.75) is 32.2 Å². The number of hydrogen-bond donors (Lipinski definition) is 2. The molecule has 1 atom stereocenters. The Bertz CT molecular complexity index is 744. The quantitative estimate of drug-likeness (QED) is 0.908. The molecule has 124 valence electrons. The van der Waals surface area contributed by atoms with Gasteiger partial charge in [-0.2, -0.15) is 0 Å². The van der Waals surface area contributed by atoms with Crippen LogP contribution in [0.4, 0.5) is 0 Å². The second kappa shape index (κ2) is 7.25. The molecule has 2 aromatic rings. The highest BCUT2D eigenvalue weighted by molar-refractivity contribution is 5.97. The van der Waals surface area contributed by atoms with Gasteiger partial charge in [-0.1, -0.05) is 18.2 Å². The summed E-state index contributed by atoms with van der Waals surface area (Å²) in [6.07, 6.45) is 4.10. The lowest BCUT2D eigenvalue weighted by molar-refractivity contribution is -0.123. The number of benzene rings is 1. The van der Waals surface area contributed by atoms with E-state index >= 15 is 0 Å². The van der Waals surface area contributed by atoms with Crippen molar-refractivity contribution in [3.63, 3.8) is 0 Å². The normalized spacial score (nSPS) is 17.2. The van der Waals surface area contributed by atoms with Gasteiger partial charge in [0.2, 0.25) is 5.91 Å². The zero-order chi connectivity index (χ0) is 16.9. The molecule has 5 heteroatoms. The van der Waals surface area contributed by atoms with Crippen molar-refractivity contribution in [2.24, 2.45) is 0 Å². The predicted octanol–water partition coefficient (Wildman–Crippen LogP) is 2.46. The van der Waals surface area contributed by atoms with Crippen LogP contribution in [0.5, 0.6) is 0 Å². The average Bonchev–Trinajstić information content (AvgIpc) is 2.61. The molecule has 0 aliphatic carbocycles. The van der Waals surface area contributed by atoms with E-state index in [1.54, 1.807) is 6.20 Å². The molecule has 1 aromatic carbocycles. The lowest BCUT2D eigenvalue weighted by Crippen LogP contribution is -2.46. The number of aromatic nitrogens is 1. The van der Waals surface area contributed by atoms with E-state index in [1.807, 2.05) is 43.3 Å². The van der Waals surface area contributed by atoms with Gasteiger partial charge in [0, 0.05) is 36.3 Å². The first kappa shape index (κ1) is 16.2. The zero-order valence-electron chi connectivity index (χ0n) is 13.7. The van der Waals surface area contributed by atoms with Gasteiger partial charge in [0.15, 0.2) is 0 Å². The van der Waals surface area contributed by atoms with Crippen LogP contribution in [0.25, 0.3) is 11.3 Å². The Labute approximate surface area is 141 Å². The van der Waals surface area contributed by atoms with Crippen LogP contribution < -0.4 is 10.6 Å². The fraction of sp³-hybridized carbons (Fsp3) is 0.316. The van der Waals surface area contributed by atoms with Gasteiger partial charge in [0.25, 0.3) is 5.91 Å². The third-order valence-electron chi connectivity index (χ3n) is 4.35. The molecule has 0 spiro atoms. The fourth-order valence-corrected chi connectivity index (χ4v) is 3.03. The van der Waals surface area contributed by atoms with Crippen molar-refractivity contribution in [1.29, 1.82) is 0 Å². The molecular weight excluding hydrogens is 302 g/mol. The highest BCUT2D eigenvalue weighted by Gasteiger charge is 2.19. The summed E-state index contributed by atoms with van der Waals surface area (Å²) in [7, 11) is 0. The van der Waals surface area contributed by atoms with Gasteiger partial charge in [-0.15, -0.1) is 0 Å². The zero-order valence-corrected chi connectivity index (χ0v) is 13.7. The first-order valence-electron chi connectivity index (χ1n) is 8.24. The smallest absolute Gasteiger partial charge is 0.251 e. The highest BCUT2D eigenvalue weighted by atomic mass is 16.2. The number of hydrogen-bond acceptors (Lipinski definition) is 3. The van der Waals surface area contributed by atoms with Gasteiger partial charge >= 0.3 is 0 Å². The Balaban J connectivity index is 1.72. The average molecular weight is 323 g/mol. The van der Waals surface area contributed by atoms with Crippen molar-refractivity contribution >= 4 is 11.8 Å². The molecule has 0 radical (unpaired) electrons. The number of carbonyl (C=O) groups excluding carboxylic acids is 2. The molecule has 2 heterocycles. The molecule has 3 rings (SSSR count). The number of rotatable bonds is 4. The summed E-state index contributed by atoms with van der Waals surface area (Å²) in [5, 5.41) is 5.85. The van der Waals surface area contributed by atoms with Crippen molar-refractivity contribution in [2.75, 3.05) is 6.54 Å². The molecule has 1 aromatic heterocycles. The minimum absolute atomic E-state index is 0.0227. The number of nitrogens with one attached hydrogen (secondary N) is 2. The number of pyridine rings is 1. The predicted molar refractivity (Wildman–Crippen MR) is 92.5 cm³/mol. The van der Waals surface area contributed by atoms with Crippen LogP contribution in [0.1, 0.15) is 35.2 Å². The summed E-state index contributed by atoms with van der Waals surface area (Å²) in [5.74, 6) is -0.0565. The largest absolute Gasteiger partial charge is 0.352 e. The van der Waals surface area contributed by atoms with Crippen LogP contribution in [-0.4, -0.2) is 29.4 Å². The molecule has 2 amide bonds. The van der Waals surface area contributed by atoms with Crippen molar-refractivity contribution in [1.82, 2.24) is 15.6 Å². The maximum atomic E-state index is 12.5. The van der Waals surface area contributed by atoms with E-state index < -0.39 is 0 Å². The first-order chi connectivity index (χ1) is 11.6. The van der Waals surface area contributed by atoms with Gasteiger partial charge in [-0.05, 0) is 43.5 Å². The van der Waals surface area contributed by atoms with E-state index in [0.717, 1.165) is 29.7 Å². The fourth-order valence-electron chi connectivity index (χ4n) is 3.03. The molecule has 1 aliphatic rings. The summed E-state index contributed by atoms with van der Waals surface area (Å²) in [6, 6.07) is 11.4. The summed E-state index contributed by atoms with van der Waals surface area (Å²) >= 11 is 0. The molecule has 24 heavy (non-hydrogen) atoms. The van der Waals surface area contributed by atoms with E-state index in [4.69, 9.17) is 0 Å². The van der Waals surface area contributed by atoms with Crippen LogP contribution in [-0.2, 0) is 4.79 Å². The van der Waals surface area contributed by atoms with Gasteiger partial charge in [-0.25, -0.2) is 0 Å². The molecular formula is C19H21N3O2.